The molecule has 1 unspecified atom stereocenters. The van der Waals surface area contributed by atoms with Gasteiger partial charge in [0, 0.05) is 6.61 Å². The van der Waals surface area contributed by atoms with Gasteiger partial charge in [-0.15, -0.1) is 5.10 Å². The van der Waals surface area contributed by atoms with Crippen LogP contribution in [0.5, 0.6) is 0 Å². The zero-order valence-electron chi connectivity index (χ0n) is 15.9. The number of nitrogens with one attached hydrogen (secondary N) is 1. The minimum absolute atomic E-state index is 0.0146. The molecule has 0 aliphatic carbocycles. The van der Waals surface area contributed by atoms with Gasteiger partial charge < -0.3 is 19.5 Å². The lowest BCUT2D eigenvalue weighted by atomic mass is 10.1. The van der Waals surface area contributed by atoms with Gasteiger partial charge in [0.25, 0.3) is 0 Å². The van der Waals surface area contributed by atoms with Crippen LogP contribution in [0.15, 0.2) is 0 Å². The average Bonchev–Trinajstić information content (AvgIpc) is 2.95. The van der Waals surface area contributed by atoms with E-state index in [0.29, 0.717) is 12.2 Å². The van der Waals surface area contributed by atoms with Crippen LogP contribution in [0.3, 0.4) is 0 Å². The van der Waals surface area contributed by atoms with E-state index in [1.54, 1.807) is 32.4 Å². The molecule has 1 saturated heterocycles. The van der Waals surface area contributed by atoms with Crippen molar-refractivity contribution in [2.45, 2.75) is 71.8 Å². The maximum Gasteiger partial charge on any atom is 0.407 e. The summed E-state index contributed by atoms with van der Waals surface area (Å²) in [4.78, 5) is 24.1. The summed E-state index contributed by atoms with van der Waals surface area (Å²) in [6, 6.07) is 0. The van der Waals surface area contributed by atoms with Gasteiger partial charge in [-0.05, 0) is 47.0 Å². The molecule has 1 N–H and O–H groups in total. The molecule has 26 heavy (non-hydrogen) atoms. The van der Waals surface area contributed by atoms with Crippen LogP contribution in [0.2, 0.25) is 0 Å². The van der Waals surface area contributed by atoms with E-state index < -0.39 is 17.7 Å². The van der Waals surface area contributed by atoms with Crippen molar-refractivity contribution in [3.63, 3.8) is 0 Å². The molecule has 1 aliphatic rings. The number of esters is 1. The van der Waals surface area contributed by atoms with Crippen molar-refractivity contribution in [2.24, 2.45) is 0 Å². The summed E-state index contributed by atoms with van der Waals surface area (Å²) in [7, 11) is 0. The number of carbonyl (C=O) groups excluding carboxylic acids is 2. The summed E-state index contributed by atoms with van der Waals surface area (Å²) in [6.45, 7) is 8.54. The Kier molecular flexibility index (Phi) is 6.96. The first-order valence-corrected chi connectivity index (χ1v) is 8.98. The Hall–Kier alpha value is -2.16. The van der Waals surface area contributed by atoms with Gasteiger partial charge in [-0.25, -0.2) is 14.3 Å². The Morgan fingerprint density at radius 3 is 2.73 bits per heavy atom. The van der Waals surface area contributed by atoms with Crippen LogP contribution in [0.1, 0.15) is 63.1 Å². The second kappa shape index (κ2) is 8.98. The second-order valence-corrected chi connectivity index (χ2v) is 7.13. The van der Waals surface area contributed by atoms with Gasteiger partial charge in [0.1, 0.15) is 5.60 Å². The normalized spacial score (nSPS) is 17.6. The lowest BCUT2D eigenvalue weighted by Crippen LogP contribution is -2.33. The van der Waals surface area contributed by atoms with E-state index in [2.05, 4.69) is 15.6 Å². The number of hydrogen-bond acceptors (Lipinski definition) is 7. The Labute approximate surface area is 153 Å². The van der Waals surface area contributed by atoms with Crippen molar-refractivity contribution < 1.29 is 23.8 Å². The fourth-order valence-corrected chi connectivity index (χ4v) is 2.63. The SMILES string of the molecule is CCOC(=O)c1nnn(CC2CCCCO2)c1CNC(=O)OC(C)(C)C. The molecule has 0 bridgehead atoms. The molecule has 146 valence electrons. The summed E-state index contributed by atoms with van der Waals surface area (Å²) in [5, 5.41) is 10.6. The smallest absolute Gasteiger partial charge is 0.407 e. The lowest BCUT2D eigenvalue weighted by molar-refractivity contribution is 0.00312. The fourth-order valence-electron chi connectivity index (χ4n) is 2.63. The summed E-state index contributed by atoms with van der Waals surface area (Å²) in [5.74, 6) is -0.565. The van der Waals surface area contributed by atoms with Crippen molar-refractivity contribution in [3.8, 4) is 0 Å². The number of aromatic nitrogens is 3. The number of rotatable bonds is 6. The monoisotopic (exact) mass is 368 g/mol. The van der Waals surface area contributed by atoms with Crippen molar-refractivity contribution >= 4 is 12.1 Å². The molecule has 0 spiro atoms. The van der Waals surface area contributed by atoms with E-state index in [-0.39, 0.29) is 24.9 Å². The van der Waals surface area contributed by atoms with E-state index in [1.165, 1.54) is 0 Å². The number of nitrogens with zero attached hydrogens (tertiary/aromatic N) is 3. The van der Waals surface area contributed by atoms with Crippen molar-refractivity contribution in [1.82, 2.24) is 20.3 Å². The Morgan fingerprint density at radius 2 is 2.12 bits per heavy atom. The molecule has 1 aliphatic heterocycles. The largest absolute Gasteiger partial charge is 0.461 e. The summed E-state index contributed by atoms with van der Waals surface area (Å²) < 4.78 is 17.6. The van der Waals surface area contributed by atoms with Gasteiger partial charge >= 0.3 is 12.1 Å². The second-order valence-electron chi connectivity index (χ2n) is 7.13. The fraction of sp³-hybridized carbons (Fsp3) is 0.765. The molecule has 1 aromatic rings. The summed E-state index contributed by atoms with van der Waals surface area (Å²) in [6.07, 6.45) is 2.51. The lowest BCUT2D eigenvalue weighted by Gasteiger charge is -2.23. The minimum Gasteiger partial charge on any atom is -0.461 e. The number of hydrogen-bond donors (Lipinski definition) is 1. The third kappa shape index (κ3) is 5.98. The molecule has 0 aromatic carbocycles. The van der Waals surface area contributed by atoms with Crippen LogP contribution in [-0.2, 0) is 27.3 Å². The maximum atomic E-state index is 12.1. The standard InChI is InChI=1S/C17H28N4O5/c1-5-24-15(22)14-13(10-18-16(23)26-17(2,3)4)21(20-19-14)11-12-8-6-7-9-25-12/h12H,5-11H2,1-4H3,(H,18,23). The molecule has 1 amide bonds. The van der Waals surface area contributed by atoms with Crippen LogP contribution in [0.4, 0.5) is 4.79 Å². The van der Waals surface area contributed by atoms with Crippen LogP contribution < -0.4 is 5.32 Å². The molecule has 9 nitrogen and oxygen atoms in total. The predicted molar refractivity (Wildman–Crippen MR) is 92.6 cm³/mol. The third-order valence-corrected chi connectivity index (χ3v) is 3.76. The third-order valence-electron chi connectivity index (χ3n) is 3.76. The molecular formula is C17H28N4O5. The summed E-state index contributed by atoms with van der Waals surface area (Å²) in [5.41, 5.74) is -0.0372. The molecule has 0 saturated carbocycles. The van der Waals surface area contributed by atoms with E-state index in [0.717, 1.165) is 25.9 Å². The molecule has 1 atom stereocenters. The highest BCUT2D eigenvalue weighted by Gasteiger charge is 2.25. The summed E-state index contributed by atoms with van der Waals surface area (Å²) >= 11 is 0. The van der Waals surface area contributed by atoms with Crippen LogP contribution in [0.25, 0.3) is 0 Å². The highest BCUT2D eigenvalue weighted by atomic mass is 16.6. The van der Waals surface area contributed by atoms with Crippen molar-refractivity contribution in [2.75, 3.05) is 13.2 Å². The van der Waals surface area contributed by atoms with Crippen molar-refractivity contribution in [1.29, 1.82) is 0 Å². The first-order valence-electron chi connectivity index (χ1n) is 8.98. The number of alkyl carbamates (subject to hydrolysis) is 1. The predicted octanol–water partition coefficient (Wildman–Crippen LogP) is 2.05. The Bertz CT molecular complexity index is 617. The van der Waals surface area contributed by atoms with Crippen molar-refractivity contribution in [3.05, 3.63) is 11.4 Å². The van der Waals surface area contributed by atoms with Crippen LogP contribution in [0, 0.1) is 0 Å². The van der Waals surface area contributed by atoms with Gasteiger partial charge in [0.15, 0.2) is 5.69 Å². The molecule has 1 fully saturated rings. The highest BCUT2D eigenvalue weighted by Crippen LogP contribution is 2.16. The number of amides is 1. The minimum atomic E-state index is -0.609. The molecule has 0 radical (unpaired) electrons. The molecular weight excluding hydrogens is 340 g/mol. The first kappa shape index (κ1) is 20.2. The van der Waals surface area contributed by atoms with Crippen LogP contribution in [-0.4, -0.2) is 52.0 Å². The Morgan fingerprint density at radius 1 is 1.35 bits per heavy atom. The van der Waals surface area contributed by atoms with Gasteiger partial charge in [0.05, 0.1) is 31.5 Å². The number of carbonyl (C=O) groups is 2. The van der Waals surface area contributed by atoms with Crippen LogP contribution >= 0.6 is 0 Å². The van der Waals surface area contributed by atoms with E-state index in [1.807, 2.05) is 0 Å². The average molecular weight is 368 g/mol. The zero-order chi connectivity index (χ0) is 19.2. The highest BCUT2D eigenvalue weighted by molar-refractivity contribution is 5.88. The van der Waals surface area contributed by atoms with E-state index >= 15 is 0 Å². The topological polar surface area (TPSA) is 105 Å². The van der Waals surface area contributed by atoms with Gasteiger partial charge in [-0.2, -0.15) is 0 Å². The van der Waals surface area contributed by atoms with Gasteiger partial charge in [-0.3, -0.25) is 0 Å². The molecule has 1 aromatic heterocycles. The number of ether oxygens (including phenoxy) is 3. The quantitative estimate of drug-likeness (QED) is 0.766. The molecule has 2 rings (SSSR count). The van der Waals surface area contributed by atoms with E-state index in [9.17, 15) is 9.59 Å². The van der Waals surface area contributed by atoms with Gasteiger partial charge in [0.2, 0.25) is 0 Å². The van der Waals surface area contributed by atoms with Gasteiger partial charge in [-0.1, -0.05) is 5.21 Å². The Balaban J connectivity index is 2.11. The molecule has 2 heterocycles. The first-order chi connectivity index (χ1) is 12.3. The van der Waals surface area contributed by atoms with E-state index in [4.69, 9.17) is 14.2 Å². The maximum absolute atomic E-state index is 12.1. The zero-order valence-corrected chi connectivity index (χ0v) is 15.9. The molecule has 9 heteroatoms.